The summed E-state index contributed by atoms with van der Waals surface area (Å²) in [7, 11) is 0. The van der Waals surface area contributed by atoms with E-state index in [1.165, 1.54) is 11.1 Å². The Balaban J connectivity index is 0.00000289. The first-order valence-corrected chi connectivity index (χ1v) is 11.1. The molecule has 1 aliphatic heterocycles. The highest BCUT2D eigenvalue weighted by Crippen LogP contribution is 2.30. The maximum atomic E-state index is 12.7. The predicted molar refractivity (Wildman–Crippen MR) is 125 cm³/mol. The summed E-state index contributed by atoms with van der Waals surface area (Å²) in [5.74, 6) is 0.424. The average molecular weight is 491 g/mol. The quantitative estimate of drug-likeness (QED) is 0.532. The molecule has 1 heterocycles. The van der Waals surface area contributed by atoms with Crippen molar-refractivity contribution in [2.45, 2.75) is 6.04 Å². The molecule has 0 spiro atoms. The molecule has 0 N–H and O–H groups in total. The van der Waals surface area contributed by atoms with E-state index in [1.54, 1.807) is 18.2 Å². The van der Waals surface area contributed by atoms with Gasteiger partial charge in [-0.25, -0.2) is 0 Å². The lowest BCUT2D eigenvalue weighted by atomic mass is 9.96. The number of carbonyl (C=O) groups is 1. The zero-order valence-corrected chi connectivity index (χ0v) is 19.7. The van der Waals surface area contributed by atoms with Crippen LogP contribution in [-0.2, 0) is 4.79 Å². The van der Waals surface area contributed by atoms with Gasteiger partial charge in [-0.2, -0.15) is 0 Å². The fourth-order valence-corrected chi connectivity index (χ4v) is 4.40. The monoisotopic (exact) mass is 489 g/mol. The summed E-state index contributed by atoms with van der Waals surface area (Å²) in [6.45, 7) is 2.87. The zero-order chi connectivity index (χ0) is 21.6. The van der Waals surface area contributed by atoms with Gasteiger partial charge in [0.25, 0.3) is 5.91 Å². The molecule has 1 saturated heterocycles. The summed E-state index contributed by atoms with van der Waals surface area (Å²) in [5.41, 5.74) is 2.52. The summed E-state index contributed by atoms with van der Waals surface area (Å²) in [4.78, 5) is 17.0. The van der Waals surface area contributed by atoms with Gasteiger partial charge >= 0.3 is 0 Å². The van der Waals surface area contributed by atoms with Crippen molar-refractivity contribution in [1.29, 1.82) is 0 Å². The molecule has 0 atom stereocenters. The van der Waals surface area contributed by atoms with Crippen molar-refractivity contribution in [2.75, 3.05) is 32.8 Å². The van der Waals surface area contributed by atoms with Crippen LogP contribution in [0.25, 0.3) is 0 Å². The average Bonchev–Trinajstić information content (AvgIpc) is 2.80. The van der Waals surface area contributed by atoms with Crippen LogP contribution in [0.1, 0.15) is 17.2 Å². The summed E-state index contributed by atoms with van der Waals surface area (Å²) in [6, 6.07) is 26.2. The third-order valence-electron chi connectivity index (χ3n) is 5.51. The molecule has 32 heavy (non-hydrogen) atoms. The van der Waals surface area contributed by atoms with Crippen LogP contribution in [0.4, 0.5) is 0 Å². The first kappa shape index (κ1) is 24.4. The van der Waals surface area contributed by atoms with Gasteiger partial charge in [-0.1, -0.05) is 83.9 Å². The molecule has 0 bridgehead atoms. The van der Waals surface area contributed by atoms with Crippen molar-refractivity contribution >= 4 is 29.1 Å². The summed E-state index contributed by atoms with van der Waals surface area (Å²) in [6.07, 6.45) is 0. The number of hydrogen-bond donors (Lipinski definition) is 0. The SMILES string of the molecule is O=C(COc1ccc(Cl)cc1Cl)N1CCN(C(c2ccccc2)c2ccccc2)CC1.[Cl-]. The van der Waals surface area contributed by atoms with E-state index in [0.29, 0.717) is 28.9 Å². The topological polar surface area (TPSA) is 32.8 Å². The normalized spacial score (nSPS) is 14.2. The highest BCUT2D eigenvalue weighted by molar-refractivity contribution is 6.35. The maximum absolute atomic E-state index is 12.7. The van der Waals surface area contributed by atoms with E-state index in [1.807, 2.05) is 17.0 Å². The van der Waals surface area contributed by atoms with Gasteiger partial charge in [0.2, 0.25) is 0 Å². The minimum Gasteiger partial charge on any atom is -1.00 e. The Morgan fingerprint density at radius 3 is 1.94 bits per heavy atom. The number of benzene rings is 3. The number of hydrogen-bond acceptors (Lipinski definition) is 3. The second-order valence-electron chi connectivity index (χ2n) is 7.50. The standard InChI is InChI=1S/C25H24Cl2N2O2.ClH/c26-21-11-12-23(22(27)17-21)31-18-24(30)28-13-15-29(16-14-28)25(19-7-3-1-4-8-19)20-9-5-2-6-10-20;/h1-12,17,25H,13-16,18H2;1H/p-1. The molecular formula is C25H24Cl3N2O2-. The zero-order valence-electron chi connectivity index (χ0n) is 17.5. The highest BCUT2D eigenvalue weighted by Gasteiger charge is 2.28. The Kier molecular flexibility index (Phi) is 8.83. The molecule has 1 amide bonds. The molecule has 4 rings (SSSR count). The number of amides is 1. The second kappa shape index (κ2) is 11.6. The molecule has 7 heteroatoms. The molecular weight excluding hydrogens is 467 g/mol. The molecule has 3 aromatic rings. The van der Waals surface area contributed by atoms with E-state index >= 15 is 0 Å². The minimum absolute atomic E-state index is 0. The summed E-state index contributed by atoms with van der Waals surface area (Å²) >= 11 is 12.0. The van der Waals surface area contributed by atoms with Crippen LogP contribution in [0.15, 0.2) is 78.9 Å². The lowest BCUT2D eigenvalue weighted by Gasteiger charge is -2.39. The fourth-order valence-electron chi connectivity index (χ4n) is 3.94. The number of nitrogens with zero attached hydrogens (tertiary/aromatic N) is 2. The Bertz CT molecular complexity index is 971. The molecule has 0 aromatic heterocycles. The predicted octanol–water partition coefficient (Wildman–Crippen LogP) is 2.31. The number of rotatable bonds is 6. The first-order chi connectivity index (χ1) is 15.1. The van der Waals surface area contributed by atoms with Crippen LogP contribution in [0, 0.1) is 0 Å². The van der Waals surface area contributed by atoms with E-state index in [2.05, 4.69) is 53.4 Å². The van der Waals surface area contributed by atoms with Crippen molar-refractivity contribution < 1.29 is 21.9 Å². The van der Waals surface area contributed by atoms with E-state index in [4.69, 9.17) is 27.9 Å². The van der Waals surface area contributed by atoms with Crippen LogP contribution in [0.5, 0.6) is 5.75 Å². The van der Waals surface area contributed by atoms with Crippen molar-refractivity contribution in [3.63, 3.8) is 0 Å². The second-order valence-corrected chi connectivity index (χ2v) is 8.35. The van der Waals surface area contributed by atoms with Crippen LogP contribution < -0.4 is 17.1 Å². The van der Waals surface area contributed by atoms with Crippen molar-refractivity contribution in [3.05, 3.63) is 100 Å². The van der Waals surface area contributed by atoms with Gasteiger partial charge in [-0.3, -0.25) is 9.69 Å². The highest BCUT2D eigenvalue weighted by atomic mass is 35.5. The van der Waals surface area contributed by atoms with Crippen molar-refractivity contribution in [1.82, 2.24) is 9.80 Å². The molecule has 0 aliphatic carbocycles. The van der Waals surface area contributed by atoms with Gasteiger partial charge in [-0.15, -0.1) is 0 Å². The summed E-state index contributed by atoms with van der Waals surface area (Å²) in [5, 5.41) is 0.935. The molecule has 1 aliphatic rings. The number of ether oxygens (including phenoxy) is 1. The molecule has 168 valence electrons. The fraction of sp³-hybridized carbons (Fsp3) is 0.240. The first-order valence-electron chi connectivity index (χ1n) is 10.3. The van der Waals surface area contributed by atoms with Crippen molar-refractivity contribution in [2.24, 2.45) is 0 Å². The maximum Gasteiger partial charge on any atom is 0.260 e. The van der Waals surface area contributed by atoms with Crippen LogP contribution in [-0.4, -0.2) is 48.5 Å². The number of halogens is 3. The lowest BCUT2D eigenvalue weighted by Crippen LogP contribution is -3.00. The Morgan fingerprint density at radius 1 is 0.844 bits per heavy atom. The summed E-state index contributed by atoms with van der Waals surface area (Å²) < 4.78 is 5.62. The van der Waals surface area contributed by atoms with E-state index < -0.39 is 0 Å². The third kappa shape index (κ3) is 5.96. The van der Waals surface area contributed by atoms with Crippen LogP contribution >= 0.6 is 23.2 Å². The van der Waals surface area contributed by atoms with Gasteiger partial charge in [0.15, 0.2) is 6.61 Å². The van der Waals surface area contributed by atoms with Gasteiger partial charge in [0.05, 0.1) is 11.1 Å². The van der Waals surface area contributed by atoms with E-state index in [9.17, 15) is 4.79 Å². The Hall–Kier alpha value is -2.24. The third-order valence-corrected chi connectivity index (χ3v) is 6.04. The molecule has 4 nitrogen and oxygen atoms in total. The van der Waals surface area contributed by atoms with Crippen LogP contribution in [0.2, 0.25) is 10.0 Å². The van der Waals surface area contributed by atoms with Gasteiger partial charge in [0.1, 0.15) is 5.75 Å². The van der Waals surface area contributed by atoms with Crippen LogP contribution in [0.3, 0.4) is 0 Å². The Labute approximate surface area is 205 Å². The van der Waals surface area contributed by atoms with E-state index in [-0.39, 0.29) is 31.0 Å². The largest absolute Gasteiger partial charge is 1.00 e. The van der Waals surface area contributed by atoms with Gasteiger partial charge in [-0.05, 0) is 29.3 Å². The number of piperazine rings is 1. The van der Waals surface area contributed by atoms with Crippen molar-refractivity contribution in [3.8, 4) is 5.75 Å². The molecule has 0 unspecified atom stereocenters. The minimum atomic E-state index is -0.0401. The molecule has 0 saturated carbocycles. The molecule has 1 fully saturated rings. The lowest BCUT2D eigenvalue weighted by molar-refractivity contribution is -0.135. The number of carbonyl (C=O) groups excluding carboxylic acids is 1. The molecule has 0 radical (unpaired) electrons. The van der Waals surface area contributed by atoms with Gasteiger partial charge in [0, 0.05) is 31.2 Å². The smallest absolute Gasteiger partial charge is 0.260 e. The van der Waals surface area contributed by atoms with E-state index in [0.717, 1.165) is 13.1 Å². The molecule has 3 aromatic carbocycles. The Morgan fingerprint density at radius 2 is 1.41 bits per heavy atom. The van der Waals surface area contributed by atoms with Gasteiger partial charge < -0.3 is 22.0 Å².